The van der Waals surface area contributed by atoms with Gasteiger partial charge in [-0.25, -0.2) is 0 Å². The second-order valence-electron chi connectivity index (χ2n) is 4.78. The molecule has 2 aliphatic rings. The number of hydrogen-bond donors (Lipinski definition) is 2. The van der Waals surface area contributed by atoms with Crippen LogP contribution in [0, 0.1) is 0 Å². The molecule has 4 heteroatoms. The molecule has 2 unspecified atom stereocenters. The van der Waals surface area contributed by atoms with E-state index in [-0.39, 0.29) is 5.54 Å². The van der Waals surface area contributed by atoms with E-state index in [0.717, 1.165) is 32.7 Å². The van der Waals surface area contributed by atoms with E-state index < -0.39 is 0 Å². The maximum atomic E-state index is 6.15. The maximum absolute atomic E-state index is 6.15. The van der Waals surface area contributed by atoms with Crippen molar-refractivity contribution in [2.45, 2.75) is 37.3 Å². The molecule has 0 aliphatic carbocycles. The Morgan fingerprint density at radius 3 is 2.93 bits per heavy atom. The first-order valence-corrected chi connectivity index (χ1v) is 5.97. The van der Waals surface area contributed by atoms with Gasteiger partial charge in [-0.2, -0.15) is 0 Å². The highest BCUT2D eigenvalue weighted by Gasteiger charge is 2.30. The molecule has 0 radical (unpaired) electrons. The highest BCUT2D eigenvalue weighted by atomic mass is 16.5. The van der Waals surface area contributed by atoms with Gasteiger partial charge in [0.05, 0.1) is 18.2 Å². The largest absolute Gasteiger partial charge is 0.379 e. The normalized spacial score (nSPS) is 37.0. The van der Waals surface area contributed by atoms with Crippen molar-refractivity contribution in [3.05, 3.63) is 0 Å². The zero-order valence-corrected chi connectivity index (χ0v) is 9.34. The molecule has 0 amide bonds. The zero-order chi connectivity index (χ0) is 10.6. The molecule has 0 saturated carbocycles. The minimum absolute atomic E-state index is 0.144. The van der Waals surface area contributed by atoms with E-state index in [2.05, 4.69) is 5.32 Å². The number of ether oxygens (including phenoxy) is 2. The number of nitrogens with one attached hydrogen (secondary N) is 1. The van der Waals surface area contributed by atoms with E-state index in [1.165, 1.54) is 19.3 Å². The molecule has 0 spiro atoms. The standard InChI is InChI=1S/C11H22N2O2/c12-11(4-6-14-9-11)8-13-7-10-3-1-2-5-15-10/h10,13H,1-9,12H2. The van der Waals surface area contributed by atoms with Crippen molar-refractivity contribution >= 4 is 0 Å². The predicted molar refractivity (Wildman–Crippen MR) is 58.8 cm³/mol. The third kappa shape index (κ3) is 3.41. The lowest BCUT2D eigenvalue weighted by Gasteiger charge is -2.26. The van der Waals surface area contributed by atoms with E-state index >= 15 is 0 Å². The van der Waals surface area contributed by atoms with Crippen LogP contribution in [-0.2, 0) is 9.47 Å². The van der Waals surface area contributed by atoms with Gasteiger partial charge in [0.1, 0.15) is 0 Å². The van der Waals surface area contributed by atoms with Gasteiger partial charge >= 0.3 is 0 Å². The Morgan fingerprint density at radius 1 is 1.33 bits per heavy atom. The summed E-state index contributed by atoms with van der Waals surface area (Å²) >= 11 is 0. The van der Waals surface area contributed by atoms with Gasteiger partial charge < -0.3 is 20.5 Å². The molecule has 2 fully saturated rings. The minimum atomic E-state index is -0.144. The van der Waals surface area contributed by atoms with Crippen LogP contribution in [0.2, 0.25) is 0 Å². The Morgan fingerprint density at radius 2 is 2.27 bits per heavy atom. The van der Waals surface area contributed by atoms with Crippen LogP contribution in [0.4, 0.5) is 0 Å². The molecule has 0 bridgehead atoms. The lowest BCUT2D eigenvalue weighted by Crippen LogP contribution is -2.50. The fraction of sp³-hybridized carbons (Fsp3) is 1.00. The summed E-state index contributed by atoms with van der Waals surface area (Å²) in [7, 11) is 0. The van der Waals surface area contributed by atoms with Crippen LogP contribution < -0.4 is 11.1 Å². The maximum Gasteiger partial charge on any atom is 0.0699 e. The quantitative estimate of drug-likeness (QED) is 0.705. The highest BCUT2D eigenvalue weighted by Crippen LogP contribution is 2.15. The van der Waals surface area contributed by atoms with E-state index in [1.807, 2.05) is 0 Å². The van der Waals surface area contributed by atoms with Crippen LogP contribution in [0.25, 0.3) is 0 Å². The second-order valence-corrected chi connectivity index (χ2v) is 4.78. The summed E-state index contributed by atoms with van der Waals surface area (Å²) in [6.45, 7) is 4.18. The molecule has 2 rings (SSSR count). The first-order chi connectivity index (χ1) is 7.29. The van der Waals surface area contributed by atoms with Crippen molar-refractivity contribution in [2.75, 3.05) is 32.9 Å². The average molecular weight is 214 g/mol. The van der Waals surface area contributed by atoms with E-state index in [4.69, 9.17) is 15.2 Å². The number of rotatable bonds is 4. The molecular weight excluding hydrogens is 192 g/mol. The monoisotopic (exact) mass is 214 g/mol. The Kier molecular flexibility index (Phi) is 3.97. The fourth-order valence-electron chi connectivity index (χ4n) is 2.21. The van der Waals surface area contributed by atoms with Gasteiger partial charge in [0.15, 0.2) is 0 Å². The van der Waals surface area contributed by atoms with E-state index in [0.29, 0.717) is 12.7 Å². The molecule has 88 valence electrons. The van der Waals surface area contributed by atoms with Gasteiger partial charge in [0.25, 0.3) is 0 Å². The van der Waals surface area contributed by atoms with Gasteiger partial charge in [0, 0.05) is 26.3 Å². The van der Waals surface area contributed by atoms with Gasteiger partial charge in [-0.05, 0) is 25.7 Å². The van der Waals surface area contributed by atoms with Crippen LogP contribution in [0.3, 0.4) is 0 Å². The Balaban J connectivity index is 1.61. The van der Waals surface area contributed by atoms with Crippen molar-refractivity contribution in [1.29, 1.82) is 0 Å². The van der Waals surface area contributed by atoms with E-state index in [9.17, 15) is 0 Å². The topological polar surface area (TPSA) is 56.5 Å². The first kappa shape index (κ1) is 11.3. The summed E-state index contributed by atoms with van der Waals surface area (Å²) in [5.41, 5.74) is 6.00. The number of hydrogen-bond acceptors (Lipinski definition) is 4. The van der Waals surface area contributed by atoms with Gasteiger partial charge in [-0.3, -0.25) is 0 Å². The van der Waals surface area contributed by atoms with Crippen LogP contribution in [-0.4, -0.2) is 44.6 Å². The lowest BCUT2D eigenvalue weighted by atomic mass is 10.0. The van der Waals surface area contributed by atoms with Crippen LogP contribution >= 0.6 is 0 Å². The van der Waals surface area contributed by atoms with Crippen LogP contribution in [0.1, 0.15) is 25.7 Å². The van der Waals surface area contributed by atoms with Crippen molar-refractivity contribution in [1.82, 2.24) is 5.32 Å². The summed E-state index contributed by atoms with van der Waals surface area (Å²) in [6, 6.07) is 0. The van der Waals surface area contributed by atoms with Crippen molar-refractivity contribution < 1.29 is 9.47 Å². The van der Waals surface area contributed by atoms with Crippen molar-refractivity contribution in [3.8, 4) is 0 Å². The molecule has 4 nitrogen and oxygen atoms in total. The summed E-state index contributed by atoms with van der Waals surface area (Å²) < 4.78 is 10.9. The van der Waals surface area contributed by atoms with Gasteiger partial charge in [-0.1, -0.05) is 0 Å². The molecule has 0 aromatic rings. The van der Waals surface area contributed by atoms with Gasteiger partial charge in [-0.15, -0.1) is 0 Å². The predicted octanol–water partition coefficient (Wildman–Crippen LogP) is 0.263. The molecular formula is C11H22N2O2. The Bertz CT molecular complexity index is 187. The number of nitrogens with two attached hydrogens (primary N) is 1. The van der Waals surface area contributed by atoms with Gasteiger partial charge in [0.2, 0.25) is 0 Å². The van der Waals surface area contributed by atoms with E-state index in [1.54, 1.807) is 0 Å². The average Bonchev–Trinajstić information content (AvgIpc) is 2.67. The molecule has 0 aromatic heterocycles. The first-order valence-electron chi connectivity index (χ1n) is 5.97. The SMILES string of the molecule is NC1(CNCC2CCCCO2)CCOC1. The molecule has 2 saturated heterocycles. The second kappa shape index (κ2) is 5.25. The van der Waals surface area contributed by atoms with Crippen molar-refractivity contribution in [3.63, 3.8) is 0 Å². The van der Waals surface area contributed by atoms with Crippen molar-refractivity contribution in [2.24, 2.45) is 5.73 Å². The molecule has 0 aromatic carbocycles. The smallest absolute Gasteiger partial charge is 0.0699 e. The van der Waals surface area contributed by atoms with Crippen LogP contribution in [0.5, 0.6) is 0 Å². The Hall–Kier alpha value is -0.160. The highest BCUT2D eigenvalue weighted by molar-refractivity contribution is 4.90. The van der Waals surface area contributed by atoms with Crippen LogP contribution in [0.15, 0.2) is 0 Å². The molecule has 2 aliphatic heterocycles. The fourth-order valence-corrected chi connectivity index (χ4v) is 2.21. The summed E-state index contributed by atoms with van der Waals surface area (Å²) in [4.78, 5) is 0. The summed E-state index contributed by atoms with van der Waals surface area (Å²) in [5.74, 6) is 0. The summed E-state index contributed by atoms with van der Waals surface area (Å²) in [6.07, 6.45) is 5.05. The zero-order valence-electron chi connectivity index (χ0n) is 9.34. The third-order valence-electron chi connectivity index (χ3n) is 3.26. The summed E-state index contributed by atoms with van der Waals surface area (Å²) in [5, 5.41) is 3.41. The molecule has 3 N–H and O–H groups in total. The molecule has 2 heterocycles. The lowest BCUT2D eigenvalue weighted by molar-refractivity contribution is 0.0162. The Labute approximate surface area is 91.5 Å². The molecule has 2 atom stereocenters. The third-order valence-corrected chi connectivity index (χ3v) is 3.26. The minimum Gasteiger partial charge on any atom is -0.379 e. The molecule has 15 heavy (non-hydrogen) atoms.